The van der Waals surface area contributed by atoms with Gasteiger partial charge in [0.15, 0.2) is 0 Å². The second kappa shape index (κ2) is 11.2. The number of ether oxygens (including phenoxy) is 3. The second-order valence-corrected chi connectivity index (χ2v) is 14.4. The van der Waals surface area contributed by atoms with Crippen molar-refractivity contribution in [1.29, 1.82) is 0 Å². The Morgan fingerprint density at radius 1 is 1.02 bits per heavy atom. The van der Waals surface area contributed by atoms with Crippen molar-refractivity contribution >= 4 is 18.1 Å². The molecule has 5 saturated carbocycles. The molecule has 1 saturated heterocycles. The second-order valence-electron chi connectivity index (χ2n) is 14.4. The molecule has 4 bridgehead atoms. The molecule has 11 heteroatoms. The highest BCUT2D eigenvalue weighted by atomic mass is 17.3. The Labute approximate surface area is 252 Å². The molecular weight excluding hydrogens is 554 g/mol. The Morgan fingerprint density at radius 3 is 2.42 bits per heavy atom. The molecule has 3 amide bonds. The van der Waals surface area contributed by atoms with Crippen molar-refractivity contribution in [2.45, 2.75) is 120 Å². The fourth-order valence-electron chi connectivity index (χ4n) is 8.53. The van der Waals surface area contributed by atoms with Crippen molar-refractivity contribution in [1.82, 2.24) is 10.6 Å². The summed E-state index contributed by atoms with van der Waals surface area (Å²) in [6.45, 7) is 5.85. The van der Waals surface area contributed by atoms with Gasteiger partial charge >= 0.3 is 12.2 Å². The first kappa shape index (κ1) is 30.1. The maximum absolute atomic E-state index is 13.0. The van der Waals surface area contributed by atoms with Crippen molar-refractivity contribution in [3.63, 3.8) is 0 Å². The number of nitrogens with one attached hydrogen (secondary N) is 2. The van der Waals surface area contributed by atoms with E-state index in [0.29, 0.717) is 37.5 Å². The average Bonchev–Trinajstić information content (AvgIpc) is 3.27. The van der Waals surface area contributed by atoms with E-state index in [-0.39, 0.29) is 29.2 Å². The van der Waals surface area contributed by atoms with Gasteiger partial charge in [0, 0.05) is 43.2 Å². The number of benzene rings is 1. The molecule has 43 heavy (non-hydrogen) atoms. The van der Waals surface area contributed by atoms with Crippen LogP contribution in [0.5, 0.6) is 5.75 Å². The first-order valence-corrected chi connectivity index (χ1v) is 15.8. The molecule has 6 fully saturated rings. The molecule has 1 aliphatic heterocycles. The van der Waals surface area contributed by atoms with E-state index >= 15 is 0 Å². The largest absolute Gasteiger partial charge is 0.444 e. The van der Waals surface area contributed by atoms with Gasteiger partial charge in [-0.1, -0.05) is 12.1 Å². The summed E-state index contributed by atoms with van der Waals surface area (Å²) in [4.78, 5) is 48.5. The average molecular weight is 600 g/mol. The van der Waals surface area contributed by atoms with E-state index < -0.39 is 29.4 Å². The van der Waals surface area contributed by atoms with Crippen LogP contribution in [0.3, 0.4) is 0 Å². The number of hydrogen-bond acceptors (Lipinski definition) is 8. The van der Waals surface area contributed by atoms with Crippen molar-refractivity contribution in [3.05, 3.63) is 29.8 Å². The van der Waals surface area contributed by atoms with Gasteiger partial charge in [0.1, 0.15) is 11.4 Å². The maximum Gasteiger partial charge on any atom is 0.409 e. The lowest BCUT2D eigenvalue weighted by molar-refractivity contribution is -0.391. The summed E-state index contributed by atoms with van der Waals surface area (Å²) in [6.07, 6.45) is 7.65. The van der Waals surface area contributed by atoms with Crippen LogP contribution in [-0.4, -0.2) is 47.4 Å². The van der Waals surface area contributed by atoms with Crippen molar-refractivity contribution in [2.75, 3.05) is 6.54 Å². The van der Waals surface area contributed by atoms with Crippen molar-refractivity contribution in [3.8, 4) is 5.75 Å². The first-order valence-electron chi connectivity index (χ1n) is 15.8. The zero-order valence-electron chi connectivity index (χ0n) is 25.4. The van der Waals surface area contributed by atoms with Gasteiger partial charge in [-0.25, -0.2) is 9.59 Å². The van der Waals surface area contributed by atoms with Crippen LogP contribution in [-0.2, 0) is 24.0 Å². The molecule has 11 nitrogen and oxygen atoms in total. The molecule has 6 aliphatic rings. The topological polar surface area (TPSA) is 147 Å². The first-order chi connectivity index (χ1) is 20.4. The van der Waals surface area contributed by atoms with Crippen LogP contribution in [0.25, 0.3) is 0 Å². The summed E-state index contributed by atoms with van der Waals surface area (Å²) >= 11 is 0. The number of amides is 3. The highest BCUT2D eigenvalue weighted by Gasteiger charge is 2.70. The van der Waals surface area contributed by atoms with Crippen LogP contribution in [0.4, 0.5) is 9.59 Å². The maximum atomic E-state index is 13.0. The third-order valence-corrected chi connectivity index (χ3v) is 9.89. The van der Waals surface area contributed by atoms with Gasteiger partial charge in [0.25, 0.3) is 0 Å². The lowest BCUT2D eigenvalue weighted by Gasteiger charge is -2.62. The van der Waals surface area contributed by atoms with E-state index in [0.717, 1.165) is 56.9 Å². The Bertz CT molecular complexity index is 1210. The molecule has 236 valence electrons. The molecule has 4 N–H and O–H groups in total. The monoisotopic (exact) mass is 599 g/mol. The minimum absolute atomic E-state index is 0.0188. The standard InChI is InChI=1S/C32H45N3O8/c1-29(2,3)40-28(38)34-13-5-7-26(36)35-30-16-20-14-23(18-30)32(24(15-20)19-30)41-31(42-43-32)12-4-6-22(17-31)21-8-10-25(11-9-21)39-27(33)37/h8-11,20,22-24H,4-7,12-19H2,1-3H3,(H2,33,37)(H,34,38)(H,35,36)/t20?,22?,23?,24?,30?,31-,32?/m1/s1. The molecule has 1 aromatic carbocycles. The smallest absolute Gasteiger partial charge is 0.409 e. The minimum Gasteiger partial charge on any atom is -0.444 e. The van der Waals surface area contributed by atoms with Gasteiger partial charge in [-0.2, -0.15) is 9.78 Å². The van der Waals surface area contributed by atoms with Crippen LogP contribution >= 0.6 is 0 Å². The van der Waals surface area contributed by atoms with Crippen LogP contribution < -0.4 is 21.1 Å². The molecule has 4 atom stereocenters. The number of nitrogens with two attached hydrogens (primary N) is 1. The molecule has 0 aromatic heterocycles. The highest BCUT2D eigenvalue weighted by Crippen LogP contribution is 2.65. The van der Waals surface area contributed by atoms with Crippen LogP contribution in [0, 0.1) is 17.8 Å². The summed E-state index contributed by atoms with van der Waals surface area (Å²) < 4.78 is 17.2. The normalized spacial score (nSPS) is 36.1. The van der Waals surface area contributed by atoms with Gasteiger partial charge in [-0.15, -0.1) is 0 Å². The van der Waals surface area contributed by atoms with Crippen LogP contribution in [0.15, 0.2) is 24.3 Å². The number of carbonyl (C=O) groups excluding carboxylic acids is 3. The predicted molar refractivity (Wildman–Crippen MR) is 154 cm³/mol. The molecule has 2 spiro atoms. The number of hydrogen-bond donors (Lipinski definition) is 3. The van der Waals surface area contributed by atoms with Gasteiger partial charge in [-0.3, -0.25) is 4.79 Å². The lowest BCUT2D eigenvalue weighted by Crippen LogP contribution is -2.69. The molecule has 7 rings (SSSR count). The molecule has 3 unspecified atom stereocenters. The van der Waals surface area contributed by atoms with Gasteiger partial charge in [-0.05, 0) is 102 Å². The van der Waals surface area contributed by atoms with Crippen molar-refractivity contribution in [2.24, 2.45) is 23.5 Å². The molecule has 0 radical (unpaired) electrons. The summed E-state index contributed by atoms with van der Waals surface area (Å²) in [5.41, 5.74) is 5.48. The summed E-state index contributed by atoms with van der Waals surface area (Å²) in [6, 6.07) is 7.46. The van der Waals surface area contributed by atoms with E-state index in [1.165, 1.54) is 0 Å². The van der Waals surface area contributed by atoms with E-state index in [4.69, 9.17) is 29.7 Å². The van der Waals surface area contributed by atoms with Gasteiger partial charge < -0.3 is 30.6 Å². The third-order valence-electron chi connectivity index (χ3n) is 9.89. The summed E-state index contributed by atoms with van der Waals surface area (Å²) in [5.74, 6) is -0.0730. The number of alkyl carbamates (subject to hydrolysis) is 1. The number of carbonyl (C=O) groups is 3. The number of rotatable bonds is 7. The fraction of sp³-hybridized carbons (Fsp3) is 0.719. The molecular formula is C32H45N3O8. The minimum atomic E-state index is -0.829. The Balaban J connectivity index is 1.05. The number of primary amides is 1. The van der Waals surface area contributed by atoms with Crippen LogP contribution in [0.2, 0.25) is 0 Å². The molecule has 1 aromatic rings. The van der Waals surface area contributed by atoms with Gasteiger partial charge in [0.05, 0.1) is 0 Å². The summed E-state index contributed by atoms with van der Waals surface area (Å²) in [5, 5.41) is 6.13. The lowest BCUT2D eigenvalue weighted by atomic mass is 9.50. The zero-order chi connectivity index (χ0) is 30.5. The highest BCUT2D eigenvalue weighted by molar-refractivity contribution is 5.77. The van der Waals surface area contributed by atoms with E-state index in [9.17, 15) is 14.4 Å². The predicted octanol–water partition coefficient (Wildman–Crippen LogP) is 5.17. The Morgan fingerprint density at radius 2 is 1.74 bits per heavy atom. The third kappa shape index (κ3) is 6.35. The zero-order valence-corrected chi connectivity index (χ0v) is 25.4. The Kier molecular flexibility index (Phi) is 7.88. The van der Waals surface area contributed by atoms with E-state index in [2.05, 4.69) is 10.6 Å². The quantitative estimate of drug-likeness (QED) is 0.287. The fourth-order valence-corrected chi connectivity index (χ4v) is 8.53. The Hall–Kier alpha value is -2.89. The van der Waals surface area contributed by atoms with E-state index in [1.807, 2.05) is 32.9 Å². The SMILES string of the molecule is CC(C)(C)OC(=O)NCCCC(=O)NC12CC3CC(C1)C1(OO[C@@]4(CCCC(c5ccc(OC(N)=O)cc5)C4)O1)C(C3)C2. The van der Waals surface area contributed by atoms with Crippen LogP contribution in [0.1, 0.15) is 103 Å². The molecule has 5 aliphatic carbocycles. The molecule has 1 heterocycles. The van der Waals surface area contributed by atoms with E-state index in [1.54, 1.807) is 12.1 Å². The summed E-state index contributed by atoms with van der Waals surface area (Å²) in [7, 11) is 0. The van der Waals surface area contributed by atoms with Gasteiger partial charge in [0.2, 0.25) is 17.5 Å². The van der Waals surface area contributed by atoms with Crippen molar-refractivity contribution < 1.29 is 38.4 Å².